The van der Waals surface area contributed by atoms with E-state index < -0.39 is 0 Å². The Morgan fingerprint density at radius 2 is 0.779 bits per heavy atom. The Balaban J connectivity index is 0.891. The zero-order valence-electron chi connectivity index (χ0n) is 53.2. The molecular formula is C86H63N9. The van der Waals surface area contributed by atoms with Crippen LogP contribution in [0.3, 0.4) is 0 Å². The van der Waals surface area contributed by atoms with E-state index in [0.29, 0.717) is 0 Å². The Bertz CT molecular complexity index is 5820. The van der Waals surface area contributed by atoms with Crippen molar-refractivity contribution in [3.05, 3.63) is 314 Å². The van der Waals surface area contributed by atoms with E-state index in [9.17, 15) is 0 Å². The fourth-order valence-corrected chi connectivity index (χ4v) is 14.4. The summed E-state index contributed by atoms with van der Waals surface area (Å²) in [5.74, 6) is 2.43. The van der Waals surface area contributed by atoms with E-state index >= 15 is 0 Å². The second-order valence-corrected chi connectivity index (χ2v) is 26.1. The standard InChI is InChI=1S/C86H63N9/c1-55-24-20-40-74-81(55)88-84-92(76-52-79-78(53-77(76)93(74)84)94-75-41-21-25-56(2)82(75)89-85(94)95(79)80-50-67(42-43-87-80)86(3,4)5)69-35-22-34-68(51-69)90-54-91(73-39-19-18-38-72(73)90)83-70(65-46-61(57-26-10-6-11-27-57)44-62(47-65)58-28-12-7-13-29-58)36-23-37-71(83)66-48-63(59-30-14-8-15-31-59)45-64(49-66)60-32-16-9-17-33-60/h6-53H,1-5H3. The van der Waals surface area contributed by atoms with Crippen LogP contribution in [0, 0.1) is 20.2 Å². The number of imidazole rings is 5. The summed E-state index contributed by atoms with van der Waals surface area (Å²) in [7, 11) is 0. The second-order valence-electron chi connectivity index (χ2n) is 26.1. The zero-order valence-corrected chi connectivity index (χ0v) is 53.2. The molecule has 6 aromatic heterocycles. The van der Waals surface area contributed by atoms with Crippen LogP contribution in [-0.2, 0) is 5.41 Å². The van der Waals surface area contributed by atoms with E-state index in [1.54, 1.807) is 0 Å². The summed E-state index contributed by atoms with van der Waals surface area (Å²) in [6.07, 6.45) is 6.02. The summed E-state index contributed by atoms with van der Waals surface area (Å²) in [5.41, 5.74) is 29.7. The Kier molecular flexibility index (Phi) is 12.7. The number of aromatic nitrogens is 9. The Morgan fingerprint density at radius 3 is 1.31 bits per heavy atom. The molecular weight excluding hydrogens is 1160 g/mol. The lowest BCUT2D eigenvalue weighted by molar-refractivity contribution is -0.571. The van der Waals surface area contributed by atoms with Crippen molar-refractivity contribution in [3.8, 4) is 89.6 Å². The minimum absolute atomic E-state index is 0.110. The second kappa shape index (κ2) is 21.7. The van der Waals surface area contributed by atoms with E-state index in [-0.39, 0.29) is 5.41 Å². The van der Waals surface area contributed by atoms with Crippen LogP contribution < -0.4 is 4.57 Å². The lowest BCUT2D eigenvalue weighted by atomic mass is 9.88. The molecule has 6 heterocycles. The molecule has 9 heteroatoms. The van der Waals surface area contributed by atoms with Crippen LogP contribution in [0.15, 0.2) is 291 Å². The average molecular weight is 1220 g/mol. The third-order valence-electron chi connectivity index (χ3n) is 19.1. The maximum Gasteiger partial charge on any atom is 0.269 e. The summed E-state index contributed by atoms with van der Waals surface area (Å²) in [6.45, 7) is 11.0. The number of hydrogen-bond donors (Lipinski definition) is 0. The Labute approximate surface area is 549 Å². The molecule has 0 spiro atoms. The van der Waals surface area contributed by atoms with E-state index in [2.05, 4.69) is 353 Å². The van der Waals surface area contributed by atoms with Crippen LogP contribution in [0.1, 0.15) is 37.5 Å². The van der Waals surface area contributed by atoms with Crippen LogP contribution in [0.5, 0.6) is 0 Å². The van der Waals surface area contributed by atoms with Gasteiger partial charge >= 0.3 is 0 Å². The van der Waals surface area contributed by atoms with Crippen LogP contribution >= 0.6 is 0 Å². The number of hydrogen-bond acceptors (Lipinski definition) is 3. The third-order valence-corrected chi connectivity index (χ3v) is 19.1. The summed E-state index contributed by atoms with van der Waals surface area (Å²) in [6, 6.07) is 103. The van der Waals surface area contributed by atoms with Gasteiger partial charge in [-0.2, -0.15) is 0 Å². The molecule has 452 valence electrons. The zero-order chi connectivity index (χ0) is 63.6. The molecule has 9 nitrogen and oxygen atoms in total. The average Bonchev–Trinajstić information content (AvgIpc) is 1.53. The number of aryl methyl sites for hydroxylation is 2. The predicted molar refractivity (Wildman–Crippen MR) is 388 cm³/mol. The highest BCUT2D eigenvalue weighted by Gasteiger charge is 2.27. The topological polar surface area (TPSA) is 66.2 Å². The molecule has 0 N–H and O–H groups in total. The number of nitrogens with zero attached hydrogens (tertiary/aromatic N) is 9. The molecule has 0 amide bonds. The molecule has 18 rings (SSSR count). The van der Waals surface area contributed by atoms with Crippen molar-refractivity contribution in [1.82, 2.24) is 37.5 Å². The molecule has 12 aromatic carbocycles. The van der Waals surface area contributed by atoms with E-state index in [1.165, 1.54) is 5.56 Å². The summed E-state index contributed by atoms with van der Waals surface area (Å²) >= 11 is 0. The quantitative estimate of drug-likeness (QED) is 0.101. The first-order chi connectivity index (χ1) is 46.6. The molecule has 0 unspecified atom stereocenters. The normalized spacial score (nSPS) is 12.1. The molecule has 0 aliphatic rings. The van der Waals surface area contributed by atoms with Crippen molar-refractivity contribution < 1.29 is 4.57 Å². The van der Waals surface area contributed by atoms with Gasteiger partial charge in [0.1, 0.15) is 5.82 Å². The summed E-state index contributed by atoms with van der Waals surface area (Å²) < 4.78 is 13.8. The number of rotatable bonds is 10. The van der Waals surface area contributed by atoms with Gasteiger partial charge in [-0.05, 0) is 194 Å². The van der Waals surface area contributed by atoms with E-state index in [1.807, 2.05) is 6.20 Å². The number of fused-ring (bicyclic) bond motifs is 11. The van der Waals surface area contributed by atoms with Gasteiger partial charge in [-0.15, -0.1) is 0 Å². The number of pyridine rings is 1. The third kappa shape index (κ3) is 9.13. The van der Waals surface area contributed by atoms with Crippen molar-refractivity contribution in [2.45, 2.75) is 40.0 Å². The first-order valence-corrected chi connectivity index (χ1v) is 32.5. The van der Waals surface area contributed by atoms with E-state index in [4.69, 9.17) is 15.0 Å². The maximum absolute atomic E-state index is 5.58. The first-order valence-electron chi connectivity index (χ1n) is 32.5. The molecule has 0 fully saturated rings. The lowest BCUT2D eigenvalue weighted by Gasteiger charge is -2.20. The SMILES string of the molecule is Cc1cccc2c1nc1n(-c3cccc(-n4[c-][n+](-c5c(-c6cc(-c7ccccc7)cc(-c7ccccc7)c6)cccc5-c5cc(-c6ccccc6)cc(-c6ccccc6)c5)c5ccccc54)c3)c3cc4c(cc3n21)n1c2cccc(C)c2nc1n4-c1cc(C(C)(C)C)ccn1. The van der Waals surface area contributed by atoms with Gasteiger partial charge in [0.25, 0.3) is 6.33 Å². The lowest BCUT2D eigenvalue weighted by Crippen LogP contribution is -2.31. The molecule has 0 bridgehead atoms. The minimum Gasteiger partial charge on any atom is -0.292 e. The van der Waals surface area contributed by atoms with Gasteiger partial charge in [-0.3, -0.25) is 27.1 Å². The van der Waals surface area contributed by atoms with Crippen LogP contribution in [0.2, 0.25) is 0 Å². The Morgan fingerprint density at radius 1 is 0.347 bits per heavy atom. The fraction of sp³-hybridized carbons (Fsp3) is 0.0698. The van der Waals surface area contributed by atoms with Gasteiger partial charge in [0, 0.05) is 11.9 Å². The molecule has 0 atom stereocenters. The predicted octanol–water partition coefficient (Wildman–Crippen LogP) is 20.5. The molecule has 0 radical (unpaired) electrons. The van der Waals surface area contributed by atoms with Crippen molar-refractivity contribution in [1.29, 1.82) is 0 Å². The van der Waals surface area contributed by atoms with Gasteiger partial charge in [-0.25, -0.2) is 15.0 Å². The largest absolute Gasteiger partial charge is 0.292 e. The molecule has 0 saturated carbocycles. The van der Waals surface area contributed by atoms with Crippen molar-refractivity contribution in [2.75, 3.05) is 0 Å². The first kappa shape index (κ1) is 55.6. The Hall–Kier alpha value is -12.2. The van der Waals surface area contributed by atoms with Crippen LogP contribution in [-0.4, -0.2) is 37.5 Å². The van der Waals surface area contributed by atoms with Gasteiger partial charge in [0.2, 0.25) is 11.6 Å². The molecule has 0 saturated heterocycles. The van der Waals surface area contributed by atoms with Gasteiger partial charge in [0.15, 0.2) is 0 Å². The van der Waals surface area contributed by atoms with Gasteiger partial charge in [0.05, 0.1) is 66.5 Å². The summed E-state index contributed by atoms with van der Waals surface area (Å²) in [4.78, 5) is 16.1. The van der Waals surface area contributed by atoms with Crippen molar-refractivity contribution >= 4 is 66.7 Å². The van der Waals surface area contributed by atoms with Crippen molar-refractivity contribution in [2.24, 2.45) is 0 Å². The minimum atomic E-state index is -0.110. The van der Waals surface area contributed by atoms with Gasteiger partial charge < -0.3 is 0 Å². The number of para-hydroxylation sites is 5. The molecule has 0 aliphatic carbocycles. The van der Waals surface area contributed by atoms with Gasteiger partial charge in [-0.1, -0.05) is 215 Å². The molecule has 95 heavy (non-hydrogen) atoms. The van der Waals surface area contributed by atoms with Crippen LogP contribution in [0.25, 0.3) is 156 Å². The molecule has 18 aromatic rings. The smallest absolute Gasteiger partial charge is 0.269 e. The highest BCUT2D eigenvalue weighted by molar-refractivity contribution is 6.03. The van der Waals surface area contributed by atoms with Crippen LogP contribution in [0.4, 0.5) is 0 Å². The van der Waals surface area contributed by atoms with E-state index in [0.717, 1.165) is 167 Å². The number of benzene rings is 12. The molecule has 0 aliphatic heterocycles. The highest BCUT2D eigenvalue weighted by Crippen LogP contribution is 2.43. The highest BCUT2D eigenvalue weighted by atomic mass is 15.3. The summed E-state index contributed by atoms with van der Waals surface area (Å²) in [5, 5.41) is 0. The monoisotopic (exact) mass is 1220 g/mol. The van der Waals surface area contributed by atoms with Crippen molar-refractivity contribution in [3.63, 3.8) is 0 Å². The fourth-order valence-electron chi connectivity index (χ4n) is 14.4. The maximum atomic E-state index is 5.58.